The van der Waals surface area contributed by atoms with E-state index in [2.05, 4.69) is 31.3 Å². The van der Waals surface area contributed by atoms with Crippen molar-refractivity contribution in [3.05, 3.63) is 35.9 Å². The SMILES string of the molecule is CC(C)NCCCOCc1ccccc1. The molecule has 0 heterocycles. The van der Waals surface area contributed by atoms with Crippen molar-refractivity contribution in [2.45, 2.75) is 32.9 Å². The molecule has 2 heteroatoms. The average Bonchev–Trinajstić information content (AvgIpc) is 2.24. The Balaban J connectivity index is 1.98. The first-order valence-electron chi connectivity index (χ1n) is 5.64. The first-order chi connectivity index (χ1) is 7.29. The zero-order valence-electron chi connectivity index (χ0n) is 9.70. The van der Waals surface area contributed by atoms with Crippen LogP contribution in [0, 0.1) is 0 Å². The van der Waals surface area contributed by atoms with Crippen molar-refractivity contribution in [3.8, 4) is 0 Å². The highest BCUT2D eigenvalue weighted by Crippen LogP contribution is 2.00. The van der Waals surface area contributed by atoms with Gasteiger partial charge in [0, 0.05) is 12.6 Å². The summed E-state index contributed by atoms with van der Waals surface area (Å²) < 4.78 is 5.56. The molecule has 15 heavy (non-hydrogen) atoms. The van der Waals surface area contributed by atoms with Crippen LogP contribution in [0.3, 0.4) is 0 Å². The third-order valence-corrected chi connectivity index (χ3v) is 2.13. The van der Waals surface area contributed by atoms with Gasteiger partial charge >= 0.3 is 0 Å². The van der Waals surface area contributed by atoms with E-state index in [9.17, 15) is 0 Å². The molecule has 0 saturated carbocycles. The van der Waals surface area contributed by atoms with E-state index in [1.54, 1.807) is 0 Å². The molecule has 2 nitrogen and oxygen atoms in total. The number of rotatable bonds is 7. The summed E-state index contributed by atoms with van der Waals surface area (Å²) in [5.74, 6) is 0. The maximum Gasteiger partial charge on any atom is 0.0716 e. The standard InChI is InChI=1S/C13H21NO/c1-12(2)14-9-6-10-15-11-13-7-4-3-5-8-13/h3-5,7-8,12,14H,6,9-11H2,1-2H3. The molecule has 1 aromatic carbocycles. The normalized spacial score (nSPS) is 10.9. The van der Waals surface area contributed by atoms with Gasteiger partial charge in [-0.3, -0.25) is 0 Å². The molecule has 0 aromatic heterocycles. The van der Waals surface area contributed by atoms with Crippen molar-refractivity contribution in [2.75, 3.05) is 13.2 Å². The highest BCUT2D eigenvalue weighted by Gasteiger charge is 1.93. The Morgan fingerprint density at radius 2 is 1.93 bits per heavy atom. The predicted molar refractivity (Wildman–Crippen MR) is 63.9 cm³/mol. The van der Waals surface area contributed by atoms with Gasteiger partial charge in [-0.05, 0) is 18.5 Å². The third kappa shape index (κ3) is 6.26. The van der Waals surface area contributed by atoms with Gasteiger partial charge in [0.1, 0.15) is 0 Å². The van der Waals surface area contributed by atoms with E-state index in [1.165, 1.54) is 5.56 Å². The van der Waals surface area contributed by atoms with Gasteiger partial charge in [0.25, 0.3) is 0 Å². The second-order valence-corrected chi connectivity index (χ2v) is 4.00. The molecule has 84 valence electrons. The Hall–Kier alpha value is -0.860. The molecule has 0 bridgehead atoms. The van der Waals surface area contributed by atoms with Crippen molar-refractivity contribution < 1.29 is 4.74 Å². The Morgan fingerprint density at radius 1 is 1.20 bits per heavy atom. The summed E-state index contributed by atoms with van der Waals surface area (Å²) in [6.45, 7) is 6.90. The minimum absolute atomic E-state index is 0.569. The molecule has 0 amide bonds. The molecule has 0 aliphatic carbocycles. The molecule has 1 N–H and O–H groups in total. The lowest BCUT2D eigenvalue weighted by atomic mass is 10.2. The van der Waals surface area contributed by atoms with Crippen LogP contribution in [0.15, 0.2) is 30.3 Å². The molecule has 0 aliphatic heterocycles. The van der Waals surface area contributed by atoms with Crippen LogP contribution in [0.4, 0.5) is 0 Å². The average molecular weight is 207 g/mol. The van der Waals surface area contributed by atoms with E-state index in [4.69, 9.17) is 4.74 Å². The summed E-state index contributed by atoms with van der Waals surface area (Å²) in [6.07, 6.45) is 1.07. The molecule has 0 saturated heterocycles. The summed E-state index contributed by atoms with van der Waals surface area (Å²) in [6, 6.07) is 10.9. The topological polar surface area (TPSA) is 21.3 Å². The van der Waals surface area contributed by atoms with Gasteiger partial charge in [-0.15, -0.1) is 0 Å². The second-order valence-electron chi connectivity index (χ2n) is 4.00. The Kier molecular flexibility index (Phi) is 6.05. The zero-order valence-corrected chi connectivity index (χ0v) is 9.70. The van der Waals surface area contributed by atoms with Crippen LogP contribution in [0.2, 0.25) is 0 Å². The zero-order chi connectivity index (χ0) is 10.9. The smallest absolute Gasteiger partial charge is 0.0716 e. The van der Waals surface area contributed by atoms with Crippen molar-refractivity contribution >= 4 is 0 Å². The first-order valence-corrected chi connectivity index (χ1v) is 5.64. The lowest BCUT2D eigenvalue weighted by Crippen LogP contribution is -2.24. The maximum absolute atomic E-state index is 5.56. The molecule has 0 spiro atoms. The van der Waals surface area contributed by atoms with E-state index in [0.29, 0.717) is 6.04 Å². The minimum Gasteiger partial charge on any atom is -0.377 e. The molecule has 0 radical (unpaired) electrons. The number of nitrogens with one attached hydrogen (secondary N) is 1. The van der Waals surface area contributed by atoms with Crippen molar-refractivity contribution in [3.63, 3.8) is 0 Å². The Labute approximate surface area is 92.6 Å². The van der Waals surface area contributed by atoms with Crippen LogP contribution in [-0.2, 0) is 11.3 Å². The van der Waals surface area contributed by atoms with E-state index < -0.39 is 0 Å². The van der Waals surface area contributed by atoms with Gasteiger partial charge in [-0.25, -0.2) is 0 Å². The van der Waals surface area contributed by atoms with E-state index in [1.807, 2.05) is 18.2 Å². The molecule has 1 rings (SSSR count). The Bertz CT molecular complexity index is 246. The van der Waals surface area contributed by atoms with Gasteiger partial charge in [0.05, 0.1) is 6.61 Å². The maximum atomic E-state index is 5.56. The number of benzene rings is 1. The van der Waals surface area contributed by atoms with Crippen molar-refractivity contribution in [1.29, 1.82) is 0 Å². The largest absolute Gasteiger partial charge is 0.377 e. The molecular formula is C13H21NO. The lowest BCUT2D eigenvalue weighted by Gasteiger charge is -2.08. The predicted octanol–water partition coefficient (Wildman–Crippen LogP) is 2.59. The molecule has 0 unspecified atom stereocenters. The van der Waals surface area contributed by atoms with Gasteiger partial charge < -0.3 is 10.1 Å². The molecule has 0 atom stereocenters. The minimum atomic E-state index is 0.569. The number of ether oxygens (including phenoxy) is 1. The lowest BCUT2D eigenvalue weighted by molar-refractivity contribution is 0.118. The van der Waals surface area contributed by atoms with Crippen LogP contribution in [0.1, 0.15) is 25.8 Å². The van der Waals surface area contributed by atoms with Crippen LogP contribution in [0.5, 0.6) is 0 Å². The van der Waals surface area contributed by atoms with Crippen LogP contribution < -0.4 is 5.32 Å². The molecular weight excluding hydrogens is 186 g/mol. The van der Waals surface area contributed by atoms with E-state index >= 15 is 0 Å². The molecule has 0 fully saturated rings. The highest BCUT2D eigenvalue weighted by atomic mass is 16.5. The Morgan fingerprint density at radius 3 is 2.60 bits per heavy atom. The number of hydrogen-bond donors (Lipinski definition) is 1. The van der Waals surface area contributed by atoms with Gasteiger partial charge in [0.2, 0.25) is 0 Å². The van der Waals surface area contributed by atoms with Crippen LogP contribution >= 0.6 is 0 Å². The summed E-state index contributed by atoms with van der Waals surface area (Å²) in [5.41, 5.74) is 1.24. The molecule has 0 aliphatic rings. The second kappa shape index (κ2) is 7.43. The van der Waals surface area contributed by atoms with Gasteiger partial charge in [-0.1, -0.05) is 44.2 Å². The van der Waals surface area contributed by atoms with Gasteiger partial charge in [-0.2, -0.15) is 0 Å². The van der Waals surface area contributed by atoms with Crippen molar-refractivity contribution in [2.24, 2.45) is 0 Å². The van der Waals surface area contributed by atoms with Crippen molar-refractivity contribution in [1.82, 2.24) is 5.32 Å². The quantitative estimate of drug-likeness (QED) is 0.694. The van der Waals surface area contributed by atoms with Crippen LogP contribution in [-0.4, -0.2) is 19.2 Å². The summed E-state index contributed by atoms with van der Waals surface area (Å²) >= 11 is 0. The first kappa shape index (κ1) is 12.2. The fraction of sp³-hybridized carbons (Fsp3) is 0.538. The fourth-order valence-corrected chi connectivity index (χ4v) is 1.33. The van der Waals surface area contributed by atoms with Crippen LogP contribution in [0.25, 0.3) is 0 Å². The third-order valence-electron chi connectivity index (χ3n) is 2.13. The monoisotopic (exact) mass is 207 g/mol. The summed E-state index contributed by atoms with van der Waals surface area (Å²) in [4.78, 5) is 0. The highest BCUT2D eigenvalue weighted by molar-refractivity contribution is 5.13. The fourth-order valence-electron chi connectivity index (χ4n) is 1.33. The summed E-state index contributed by atoms with van der Waals surface area (Å²) in [7, 11) is 0. The van der Waals surface area contributed by atoms with E-state index in [-0.39, 0.29) is 0 Å². The number of hydrogen-bond acceptors (Lipinski definition) is 2. The molecule has 1 aromatic rings. The van der Waals surface area contributed by atoms with E-state index in [0.717, 1.165) is 26.2 Å². The van der Waals surface area contributed by atoms with Gasteiger partial charge in [0.15, 0.2) is 0 Å². The summed E-state index contributed by atoms with van der Waals surface area (Å²) in [5, 5.41) is 3.36.